The van der Waals surface area contributed by atoms with Crippen LogP contribution in [-0.2, 0) is 0 Å². The lowest BCUT2D eigenvalue weighted by Crippen LogP contribution is -2.42. The summed E-state index contributed by atoms with van der Waals surface area (Å²) in [5.74, 6) is -0.281. The van der Waals surface area contributed by atoms with Crippen LogP contribution in [0.5, 0.6) is 0 Å². The number of benzene rings is 1. The highest BCUT2D eigenvalue weighted by Crippen LogP contribution is 2.15. The van der Waals surface area contributed by atoms with Crippen molar-refractivity contribution in [3.05, 3.63) is 45.2 Å². The summed E-state index contributed by atoms with van der Waals surface area (Å²) in [6.07, 6.45) is 0. The third-order valence-electron chi connectivity index (χ3n) is 4.02. The number of amides is 1. The Morgan fingerprint density at radius 1 is 1.21 bits per heavy atom. The molecule has 0 atom stereocenters. The van der Waals surface area contributed by atoms with E-state index in [1.807, 2.05) is 0 Å². The van der Waals surface area contributed by atoms with Crippen molar-refractivity contribution in [1.29, 1.82) is 0 Å². The Morgan fingerprint density at radius 3 is 2.50 bits per heavy atom. The molecule has 2 rings (SSSR count). The van der Waals surface area contributed by atoms with Crippen molar-refractivity contribution >= 4 is 28.4 Å². The number of nitrogens with zero attached hydrogens (tertiary/aromatic N) is 1. The molecule has 5 nitrogen and oxygen atoms in total. The van der Waals surface area contributed by atoms with Gasteiger partial charge >= 0.3 is 0 Å². The van der Waals surface area contributed by atoms with E-state index in [-0.39, 0.29) is 17.0 Å². The van der Waals surface area contributed by atoms with E-state index < -0.39 is 0 Å². The van der Waals surface area contributed by atoms with Gasteiger partial charge in [-0.1, -0.05) is 11.6 Å². The number of carbonyl (C=O) groups excluding carboxylic acids is 1. The molecule has 2 aromatic rings. The van der Waals surface area contributed by atoms with E-state index in [0.29, 0.717) is 34.6 Å². The van der Waals surface area contributed by atoms with Crippen LogP contribution in [0.4, 0.5) is 0 Å². The van der Waals surface area contributed by atoms with Gasteiger partial charge < -0.3 is 10.3 Å². The number of nitrogens with one attached hydrogen (secondary N) is 2. The summed E-state index contributed by atoms with van der Waals surface area (Å²) in [6, 6.07) is 7.12. The Labute approximate surface area is 147 Å². The second-order valence-corrected chi connectivity index (χ2v) is 6.85. The zero-order chi connectivity index (χ0) is 17.9. The lowest BCUT2D eigenvalue weighted by molar-refractivity contribution is 0.0934. The molecule has 1 aromatic carbocycles. The quantitative estimate of drug-likeness (QED) is 0.842. The van der Waals surface area contributed by atoms with Crippen LogP contribution in [0.2, 0.25) is 5.02 Å². The van der Waals surface area contributed by atoms with E-state index in [1.165, 1.54) is 6.07 Å². The molecule has 0 aliphatic carbocycles. The molecule has 0 aliphatic heterocycles. The molecular weight excluding hydrogens is 326 g/mol. The van der Waals surface area contributed by atoms with E-state index in [4.69, 9.17) is 11.6 Å². The summed E-state index contributed by atoms with van der Waals surface area (Å²) in [5.41, 5.74) is 0.640. The number of aromatic nitrogens is 1. The molecule has 0 saturated heterocycles. The van der Waals surface area contributed by atoms with E-state index in [1.54, 1.807) is 18.2 Å². The van der Waals surface area contributed by atoms with Gasteiger partial charge in [-0.25, -0.2) is 0 Å². The molecule has 0 unspecified atom stereocenters. The molecule has 0 radical (unpaired) electrons. The number of aromatic amines is 1. The summed E-state index contributed by atoms with van der Waals surface area (Å²) >= 11 is 5.91. The predicted octanol–water partition coefficient (Wildman–Crippen LogP) is 3.03. The standard InChI is InChI=1S/C18H24ClN3O2/c1-11(2)22(12(3)4)8-7-20-18(24)16-10-17(23)14-9-13(19)5-6-15(14)21-16/h5-6,9-12H,7-8H2,1-4H3,(H,20,24)(H,21,23). The zero-order valence-electron chi connectivity index (χ0n) is 14.5. The minimum atomic E-state index is -0.281. The van der Waals surface area contributed by atoms with Gasteiger partial charge in [-0.2, -0.15) is 0 Å². The molecule has 2 N–H and O–H groups in total. The van der Waals surface area contributed by atoms with Crippen molar-refractivity contribution < 1.29 is 4.79 Å². The Hall–Kier alpha value is -1.85. The highest BCUT2D eigenvalue weighted by atomic mass is 35.5. The van der Waals surface area contributed by atoms with Gasteiger partial charge in [0.2, 0.25) is 0 Å². The van der Waals surface area contributed by atoms with Gasteiger partial charge in [0.05, 0.1) is 0 Å². The number of pyridine rings is 1. The minimum absolute atomic E-state index is 0.220. The number of rotatable bonds is 6. The SMILES string of the molecule is CC(C)N(CCNC(=O)c1cc(=O)c2cc(Cl)ccc2[nH]1)C(C)C. The molecular formula is C18H24ClN3O2. The second kappa shape index (κ2) is 7.81. The summed E-state index contributed by atoms with van der Waals surface area (Å²) in [7, 11) is 0. The second-order valence-electron chi connectivity index (χ2n) is 6.42. The molecule has 1 heterocycles. The van der Waals surface area contributed by atoms with Crippen LogP contribution in [-0.4, -0.2) is 41.0 Å². The third-order valence-corrected chi connectivity index (χ3v) is 4.25. The molecule has 1 amide bonds. The third kappa shape index (κ3) is 4.36. The average Bonchev–Trinajstić information content (AvgIpc) is 2.51. The molecule has 24 heavy (non-hydrogen) atoms. The topological polar surface area (TPSA) is 65.2 Å². The molecule has 0 spiro atoms. The highest BCUT2D eigenvalue weighted by Gasteiger charge is 2.14. The number of carbonyl (C=O) groups is 1. The van der Waals surface area contributed by atoms with Crippen LogP contribution in [0.15, 0.2) is 29.1 Å². The minimum Gasteiger partial charge on any atom is -0.350 e. The van der Waals surface area contributed by atoms with E-state index in [9.17, 15) is 9.59 Å². The van der Waals surface area contributed by atoms with Crippen LogP contribution in [0.3, 0.4) is 0 Å². The smallest absolute Gasteiger partial charge is 0.267 e. The van der Waals surface area contributed by atoms with Gasteiger partial charge in [0.25, 0.3) is 5.91 Å². The Morgan fingerprint density at radius 2 is 1.88 bits per heavy atom. The lowest BCUT2D eigenvalue weighted by atomic mass is 10.2. The number of fused-ring (bicyclic) bond motifs is 1. The molecule has 0 bridgehead atoms. The Balaban J connectivity index is 2.09. The Bertz CT molecular complexity index is 775. The van der Waals surface area contributed by atoms with Crippen molar-refractivity contribution in [3.8, 4) is 0 Å². The fourth-order valence-electron chi connectivity index (χ4n) is 2.85. The van der Waals surface area contributed by atoms with E-state index in [2.05, 4.69) is 42.9 Å². The number of halogens is 1. The van der Waals surface area contributed by atoms with Crippen LogP contribution in [0.1, 0.15) is 38.2 Å². The number of hydrogen-bond acceptors (Lipinski definition) is 3. The number of hydrogen-bond donors (Lipinski definition) is 2. The van der Waals surface area contributed by atoms with Crippen molar-refractivity contribution in [2.75, 3.05) is 13.1 Å². The molecule has 0 fully saturated rings. The van der Waals surface area contributed by atoms with Crippen molar-refractivity contribution in [2.24, 2.45) is 0 Å². The fourth-order valence-corrected chi connectivity index (χ4v) is 3.02. The van der Waals surface area contributed by atoms with E-state index >= 15 is 0 Å². The van der Waals surface area contributed by atoms with Gasteiger partial charge in [-0.3, -0.25) is 14.5 Å². The molecule has 130 valence electrons. The lowest BCUT2D eigenvalue weighted by Gasteiger charge is -2.30. The van der Waals surface area contributed by atoms with Crippen molar-refractivity contribution in [2.45, 2.75) is 39.8 Å². The van der Waals surface area contributed by atoms with Gasteiger partial charge in [-0.05, 0) is 45.9 Å². The Kier molecular flexibility index (Phi) is 6.02. The van der Waals surface area contributed by atoms with Gasteiger partial charge in [0.1, 0.15) is 5.69 Å². The molecule has 0 saturated carbocycles. The first-order valence-corrected chi connectivity index (χ1v) is 8.54. The first-order chi connectivity index (χ1) is 11.3. The number of H-pyrrole nitrogens is 1. The monoisotopic (exact) mass is 349 g/mol. The largest absolute Gasteiger partial charge is 0.350 e. The summed E-state index contributed by atoms with van der Waals surface area (Å²) in [6.45, 7) is 9.81. The molecule has 0 aliphatic rings. The van der Waals surface area contributed by atoms with Crippen LogP contribution < -0.4 is 10.7 Å². The maximum atomic E-state index is 12.3. The maximum Gasteiger partial charge on any atom is 0.267 e. The zero-order valence-corrected chi connectivity index (χ0v) is 15.3. The normalized spacial score (nSPS) is 11.7. The van der Waals surface area contributed by atoms with Crippen molar-refractivity contribution in [3.63, 3.8) is 0 Å². The maximum absolute atomic E-state index is 12.3. The van der Waals surface area contributed by atoms with Crippen LogP contribution in [0, 0.1) is 0 Å². The van der Waals surface area contributed by atoms with E-state index in [0.717, 1.165) is 6.54 Å². The van der Waals surface area contributed by atoms with Crippen molar-refractivity contribution in [1.82, 2.24) is 15.2 Å². The summed E-state index contributed by atoms with van der Waals surface area (Å²) in [5, 5.41) is 3.84. The summed E-state index contributed by atoms with van der Waals surface area (Å²) < 4.78 is 0. The molecule has 1 aromatic heterocycles. The molecule has 6 heteroatoms. The van der Waals surface area contributed by atoms with Gasteiger partial charge in [0, 0.05) is 47.2 Å². The predicted molar refractivity (Wildman–Crippen MR) is 98.9 cm³/mol. The van der Waals surface area contributed by atoms with Gasteiger partial charge in [-0.15, -0.1) is 0 Å². The average molecular weight is 350 g/mol. The van der Waals surface area contributed by atoms with Gasteiger partial charge in [0.15, 0.2) is 5.43 Å². The van der Waals surface area contributed by atoms with Crippen LogP contribution in [0.25, 0.3) is 10.9 Å². The fraction of sp³-hybridized carbons (Fsp3) is 0.444. The first kappa shape index (κ1) is 18.5. The highest BCUT2D eigenvalue weighted by molar-refractivity contribution is 6.31. The van der Waals surface area contributed by atoms with Crippen LogP contribution >= 0.6 is 11.6 Å². The first-order valence-electron chi connectivity index (χ1n) is 8.16. The summed E-state index contributed by atoms with van der Waals surface area (Å²) in [4.78, 5) is 29.7.